The summed E-state index contributed by atoms with van der Waals surface area (Å²) in [6, 6.07) is 17.0. The van der Waals surface area contributed by atoms with Crippen LogP contribution in [0.3, 0.4) is 0 Å². The third kappa shape index (κ3) is 5.95. The van der Waals surface area contributed by atoms with Crippen molar-refractivity contribution in [3.8, 4) is 11.1 Å². The van der Waals surface area contributed by atoms with E-state index in [2.05, 4.69) is 55.5 Å². The molecule has 0 spiro atoms. The molecule has 0 aromatic heterocycles. The first kappa shape index (κ1) is 20.6. The van der Waals surface area contributed by atoms with E-state index >= 15 is 0 Å². The highest BCUT2D eigenvalue weighted by molar-refractivity contribution is 5.63. The van der Waals surface area contributed by atoms with E-state index in [1.807, 2.05) is 0 Å². The van der Waals surface area contributed by atoms with Gasteiger partial charge in [0.15, 0.2) is 0 Å². The van der Waals surface area contributed by atoms with Crippen molar-refractivity contribution in [1.29, 1.82) is 0 Å². The molecule has 0 N–H and O–H groups in total. The molecule has 0 heterocycles. The number of aryl methyl sites for hydroxylation is 2. The Balaban J connectivity index is 1.48. The van der Waals surface area contributed by atoms with Crippen LogP contribution >= 0.6 is 0 Å². The van der Waals surface area contributed by atoms with Gasteiger partial charge in [0.05, 0.1) is 6.08 Å². The Labute approximate surface area is 164 Å². The topological polar surface area (TPSA) is 0 Å². The number of halogens is 4. The van der Waals surface area contributed by atoms with Crippen LogP contribution in [0.5, 0.6) is 0 Å². The first-order valence-corrected chi connectivity index (χ1v) is 9.91. The highest BCUT2D eigenvalue weighted by Gasteiger charge is 2.30. The molecule has 0 atom stereocenters. The van der Waals surface area contributed by atoms with Crippen molar-refractivity contribution >= 4 is 0 Å². The first-order chi connectivity index (χ1) is 13.3. The summed E-state index contributed by atoms with van der Waals surface area (Å²) >= 11 is 0. The van der Waals surface area contributed by atoms with Crippen molar-refractivity contribution in [2.45, 2.75) is 51.6 Å². The minimum absolute atomic E-state index is 0.173. The molecule has 0 unspecified atom stereocenters. The van der Waals surface area contributed by atoms with Crippen LogP contribution in [0.1, 0.15) is 43.2 Å². The van der Waals surface area contributed by atoms with Gasteiger partial charge in [-0.25, -0.2) is 4.39 Å². The Hall–Kier alpha value is -2.10. The minimum Gasteiger partial charge on any atom is -0.212 e. The molecule has 2 aromatic rings. The monoisotopic (exact) mass is 390 g/mol. The van der Waals surface area contributed by atoms with Crippen molar-refractivity contribution in [1.82, 2.24) is 0 Å². The van der Waals surface area contributed by atoms with E-state index in [0.29, 0.717) is 18.8 Å². The fourth-order valence-corrected chi connectivity index (χ4v) is 3.98. The normalized spacial score (nSPS) is 21.0. The van der Waals surface area contributed by atoms with Crippen LogP contribution in [0, 0.1) is 18.8 Å². The third-order valence-corrected chi connectivity index (χ3v) is 5.72. The summed E-state index contributed by atoms with van der Waals surface area (Å²) in [6.45, 7) is 2.07. The smallest absolute Gasteiger partial charge is 0.212 e. The molecule has 0 aliphatic heterocycles. The van der Waals surface area contributed by atoms with Gasteiger partial charge < -0.3 is 0 Å². The maximum absolute atomic E-state index is 13.7. The van der Waals surface area contributed by atoms with E-state index in [9.17, 15) is 17.6 Å². The number of alkyl halides is 3. The Kier molecular flexibility index (Phi) is 6.58. The van der Waals surface area contributed by atoms with Crippen LogP contribution in [0.2, 0.25) is 0 Å². The summed E-state index contributed by atoms with van der Waals surface area (Å²) < 4.78 is 50.6. The van der Waals surface area contributed by atoms with Crippen molar-refractivity contribution in [2.24, 2.45) is 11.8 Å². The molecule has 0 amide bonds. The summed E-state index contributed by atoms with van der Waals surface area (Å²) in [5.41, 5.74) is 4.89. The van der Waals surface area contributed by atoms with Crippen LogP contribution in [0.15, 0.2) is 60.4 Å². The minimum atomic E-state index is -4.56. The molecule has 28 heavy (non-hydrogen) atoms. The summed E-state index contributed by atoms with van der Waals surface area (Å²) in [4.78, 5) is 0. The lowest BCUT2D eigenvalue weighted by Gasteiger charge is -2.27. The molecule has 150 valence electrons. The third-order valence-electron chi connectivity index (χ3n) is 5.72. The van der Waals surface area contributed by atoms with Gasteiger partial charge in [-0.2, -0.15) is 13.2 Å². The molecule has 3 rings (SSSR count). The number of rotatable bonds is 5. The van der Waals surface area contributed by atoms with Crippen LogP contribution in [-0.4, -0.2) is 6.18 Å². The molecule has 1 aliphatic rings. The van der Waals surface area contributed by atoms with Crippen molar-refractivity contribution in [3.05, 3.63) is 71.6 Å². The molecule has 0 radical (unpaired) electrons. The Morgan fingerprint density at radius 2 is 1.43 bits per heavy atom. The predicted octanol–water partition coefficient (Wildman–Crippen LogP) is 7.82. The molecular weight excluding hydrogens is 364 g/mol. The van der Waals surface area contributed by atoms with E-state index in [4.69, 9.17) is 0 Å². The molecule has 1 fully saturated rings. The standard InChI is InChI=1S/C24H26F4/c1-17-2-10-20(11-3-17)21-12-6-18(7-13-21)4-5-19-8-14-22(15-9-19)23(25)16-24(26,27)28/h2-3,6-7,10-13,16,19,22H,4-5,8-9,14-15H2,1H3/b23-16-. The fraction of sp³-hybridized carbons (Fsp3) is 0.417. The van der Waals surface area contributed by atoms with E-state index < -0.39 is 17.9 Å². The van der Waals surface area contributed by atoms with E-state index in [1.54, 1.807) is 0 Å². The van der Waals surface area contributed by atoms with Gasteiger partial charge in [0, 0.05) is 5.92 Å². The number of benzene rings is 2. The lowest BCUT2D eigenvalue weighted by Crippen LogP contribution is -2.17. The lowest BCUT2D eigenvalue weighted by atomic mass is 9.79. The molecule has 1 aliphatic carbocycles. The number of hydrogen-bond acceptors (Lipinski definition) is 0. The molecule has 0 bridgehead atoms. The summed E-state index contributed by atoms with van der Waals surface area (Å²) in [5, 5.41) is 0. The summed E-state index contributed by atoms with van der Waals surface area (Å²) in [5.74, 6) is -1.10. The van der Waals surface area contributed by atoms with Crippen LogP contribution < -0.4 is 0 Å². The molecule has 0 nitrogen and oxygen atoms in total. The second-order valence-corrected chi connectivity index (χ2v) is 7.89. The maximum Gasteiger partial charge on any atom is 0.412 e. The van der Waals surface area contributed by atoms with E-state index in [1.165, 1.54) is 22.3 Å². The largest absolute Gasteiger partial charge is 0.412 e. The molecule has 4 heteroatoms. The van der Waals surface area contributed by atoms with Crippen molar-refractivity contribution < 1.29 is 17.6 Å². The van der Waals surface area contributed by atoms with Crippen LogP contribution in [0.25, 0.3) is 11.1 Å². The van der Waals surface area contributed by atoms with Gasteiger partial charge in [0.1, 0.15) is 5.83 Å². The lowest BCUT2D eigenvalue weighted by molar-refractivity contribution is -0.0821. The molecule has 2 aromatic carbocycles. The average molecular weight is 390 g/mol. The van der Waals surface area contributed by atoms with Gasteiger partial charge in [-0.05, 0) is 68.1 Å². The van der Waals surface area contributed by atoms with E-state index in [-0.39, 0.29) is 6.08 Å². The SMILES string of the molecule is Cc1ccc(-c2ccc(CCC3CCC(/C(F)=C/C(F)(F)F)CC3)cc2)cc1. The molecular formula is C24H26F4. The van der Waals surface area contributed by atoms with Gasteiger partial charge in [0.25, 0.3) is 0 Å². The van der Waals surface area contributed by atoms with Crippen LogP contribution in [-0.2, 0) is 6.42 Å². The zero-order valence-electron chi connectivity index (χ0n) is 16.1. The van der Waals surface area contributed by atoms with Crippen LogP contribution in [0.4, 0.5) is 17.6 Å². The highest BCUT2D eigenvalue weighted by atomic mass is 19.4. The molecule has 0 saturated heterocycles. The quantitative estimate of drug-likeness (QED) is 0.457. The van der Waals surface area contributed by atoms with Crippen molar-refractivity contribution in [2.75, 3.05) is 0 Å². The van der Waals surface area contributed by atoms with Gasteiger partial charge in [-0.1, -0.05) is 54.1 Å². The average Bonchev–Trinajstić information content (AvgIpc) is 2.66. The van der Waals surface area contributed by atoms with Gasteiger partial charge in [-0.15, -0.1) is 0 Å². The Bertz CT molecular complexity index is 777. The number of hydrogen-bond donors (Lipinski definition) is 0. The van der Waals surface area contributed by atoms with Gasteiger partial charge in [0.2, 0.25) is 0 Å². The van der Waals surface area contributed by atoms with E-state index in [0.717, 1.165) is 25.7 Å². The van der Waals surface area contributed by atoms with Gasteiger partial charge >= 0.3 is 6.18 Å². The predicted molar refractivity (Wildman–Crippen MR) is 106 cm³/mol. The summed E-state index contributed by atoms with van der Waals surface area (Å²) in [6.07, 6.45) is -0.174. The van der Waals surface area contributed by atoms with Gasteiger partial charge in [-0.3, -0.25) is 0 Å². The zero-order valence-corrected chi connectivity index (χ0v) is 16.1. The zero-order chi connectivity index (χ0) is 20.1. The second kappa shape index (κ2) is 8.93. The Morgan fingerprint density at radius 3 is 1.96 bits per heavy atom. The van der Waals surface area contributed by atoms with Crippen molar-refractivity contribution in [3.63, 3.8) is 0 Å². The second-order valence-electron chi connectivity index (χ2n) is 7.89. The molecule has 1 saturated carbocycles. The maximum atomic E-state index is 13.7. The Morgan fingerprint density at radius 1 is 0.893 bits per heavy atom. The number of allylic oxidation sites excluding steroid dienone is 2. The summed E-state index contributed by atoms with van der Waals surface area (Å²) in [7, 11) is 0. The fourth-order valence-electron chi connectivity index (χ4n) is 3.98. The highest BCUT2D eigenvalue weighted by Crippen LogP contribution is 2.37. The first-order valence-electron chi connectivity index (χ1n) is 9.91.